The third kappa shape index (κ3) is 3.80. The first-order valence-electron chi connectivity index (χ1n) is 10.6. The molecule has 33 heavy (non-hydrogen) atoms. The van der Waals surface area contributed by atoms with E-state index in [9.17, 15) is 13.2 Å². The molecule has 2 aliphatic heterocycles. The zero-order valence-corrected chi connectivity index (χ0v) is 20.0. The van der Waals surface area contributed by atoms with Crippen LogP contribution in [0.3, 0.4) is 0 Å². The molecule has 0 fully saturated rings. The van der Waals surface area contributed by atoms with Crippen molar-refractivity contribution in [1.82, 2.24) is 4.31 Å². The summed E-state index contributed by atoms with van der Waals surface area (Å²) in [5, 5.41) is 4.77. The van der Waals surface area contributed by atoms with Gasteiger partial charge in [-0.3, -0.25) is 4.79 Å². The van der Waals surface area contributed by atoms with Crippen molar-refractivity contribution in [3.63, 3.8) is 0 Å². The Morgan fingerprint density at radius 2 is 1.79 bits per heavy atom. The van der Waals surface area contributed by atoms with Gasteiger partial charge in [0, 0.05) is 23.5 Å². The molecule has 2 aliphatic rings. The Kier molecular flexibility index (Phi) is 5.64. The van der Waals surface area contributed by atoms with Gasteiger partial charge in [0.15, 0.2) is 11.5 Å². The molecule has 9 heteroatoms. The number of carbonyl (C=O) groups is 1. The highest BCUT2D eigenvalue weighted by Crippen LogP contribution is 2.44. The fraction of sp³-hybridized carbons (Fsp3) is 0.292. The summed E-state index contributed by atoms with van der Waals surface area (Å²) in [6.07, 6.45) is 1.45. The van der Waals surface area contributed by atoms with Crippen LogP contribution in [0.2, 0.25) is 0 Å². The molecule has 2 aromatic carbocycles. The summed E-state index contributed by atoms with van der Waals surface area (Å²) in [4.78, 5) is 12.9. The van der Waals surface area contributed by atoms with E-state index in [0.29, 0.717) is 43.0 Å². The van der Waals surface area contributed by atoms with Gasteiger partial charge < -0.3 is 14.8 Å². The molecular weight excluding hydrogens is 460 g/mol. The van der Waals surface area contributed by atoms with Gasteiger partial charge >= 0.3 is 0 Å². The zero-order chi connectivity index (χ0) is 23.2. The highest BCUT2D eigenvalue weighted by molar-refractivity contribution is 7.89. The molecule has 1 aromatic heterocycles. The minimum Gasteiger partial charge on any atom is -0.493 e. The molecule has 0 bridgehead atoms. The van der Waals surface area contributed by atoms with Gasteiger partial charge in [0.05, 0.1) is 25.2 Å². The Morgan fingerprint density at radius 3 is 2.52 bits per heavy atom. The van der Waals surface area contributed by atoms with Crippen LogP contribution in [0.15, 0.2) is 52.7 Å². The Balaban J connectivity index is 1.61. The standard InChI is InChI=1S/C24H24N2O5S2/c1-30-20-13-15-9-10-26(24(22-4-3-11-32-22)18(15)14-21(20)31-2)33(28,29)17-6-7-19-16(12-17)5-8-23(27)25-19/h3-4,6-7,11-14,24H,5,8-10H2,1-2H3,(H,25,27)/t24-/m1/s1. The topological polar surface area (TPSA) is 84.9 Å². The summed E-state index contributed by atoms with van der Waals surface area (Å²) < 4.78 is 40.4. The van der Waals surface area contributed by atoms with E-state index in [1.807, 2.05) is 29.6 Å². The Morgan fingerprint density at radius 1 is 1.00 bits per heavy atom. The second kappa shape index (κ2) is 8.48. The van der Waals surface area contributed by atoms with Crippen molar-refractivity contribution in [1.29, 1.82) is 0 Å². The first-order chi connectivity index (χ1) is 15.9. The maximum absolute atomic E-state index is 13.9. The molecule has 1 atom stereocenters. The first-order valence-corrected chi connectivity index (χ1v) is 13.0. The quantitative estimate of drug-likeness (QED) is 0.592. The zero-order valence-electron chi connectivity index (χ0n) is 18.3. The lowest BCUT2D eigenvalue weighted by molar-refractivity contribution is -0.116. The fourth-order valence-corrected chi connectivity index (χ4v) is 7.14. The van der Waals surface area contributed by atoms with Crippen LogP contribution in [0.1, 0.15) is 34.0 Å². The van der Waals surface area contributed by atoms with Gasteiger partial charge in [-0.25, -0.2) is 8.42 Å². The Labute approximate surface area is 197 Å². The van der Waals surface area contributed by atoms with E-state index in [4.69, 9.17) is 9.47 Å². The number of ether oxygens (including phenoxy) is 2. The van der Waals surface area contributed by atoms with Crippen LogP contribution in [0.4, 0.5) is 5.69 Å². The number of carbonyl (C=O) groups excluding carboxylic acids is 1. The smallest absolute Gasteiger partial charge is 0.243 e. The number of sulfonamides is 1. The van der Waals surface area contributed by atoms with E-state index in [2.05, 4.69) is 5.32 Å². The number of thiophene rings is 1. The molecule has 3 aromatic rings. The number of aryl methyl sites for hydroxylation is 1. The summed E-state index contributed by atoms with van der Waals surface area (Å²) >= 11 is 1.53. The maximum atomic E-state index is 13.9. The largest absolute Gasteiger partial charge is 0.493 e. The number of rotatable bonds is 5. The highest BCUT2D eigenvalue weighted by Gasteiger charge is 2.39. The molecule has 0 saturated carbocycles. The second-order valence-corrected chi connectivity index (χ2v) is 10.9. The predicted octanol–water partition coefficient (Wildman–Crippen LogP) is 3.99. The average Bonchev–Trinajstić information content (AvgIpc) is 3.36. The molecule has 0 aliphatic carbocycles. The number of methoxy groups -OCH3 is 2. The van der Waals surface area contributed by atoms with Gasteiger partial charge in [-0.2, -0.15) is 4.31 Å². The summed E-state index contributed by atoms with van der Waals surface area (Å²) in [6.45, 7) is 0.348. The SMILES string of the molecule is COc1cc2c(cc1OC)[C@H](c1cccs1)N(S(=O)(=O)c1ccc3c(c1)CCC(=O)N3)CC2. The van der Waals surface area contributed by atoms with Crippen LogP contribution in [0, 0.1) is 0 Å². The number of amides is 1. The van der Waals surface area contributed by atoms with E-state index in [0.717, 1.165) is 21.6 Å². The fourth-order valence-electron chi connectivity index (χ4n) is 4.58. The molecule has 1 amide bonds. The lowest BCUT2D eigenvalue weighted by atomic mass is 9.92. The van der Waals surface area contributed by atoms with Gasteiger partial charge in [0.2, 0.25) is 15.9 Å². The van der Waals surface area contributed by atoms with E-state index in [-0.39, 0.29) is 10.8 Å². The van der Waals surface area contributed by atoms with Gasteiger partial charge in [-0.05, 0) is 71.3 Å². The van der Waals surface area contributed by atoms with E-state index in [1.165, 1.54) is 11.3 Å². The Hall–Kier alpha value is -2.88. The van der Waals surface area contributed by atoms with Crippen LogP contribution in [0.5, 0.6) is 11.5 Å². The van der Waals surface area contributed by atoms with Crippen LogP contribution >= 0.6 is 11.3 Å². The van der Waals surface area contributed by atoms with Gasteiger partial charge in [0.1, 0.15) is 0 Å². The number of hydrogen-bond donors (Lipinski definition) is 1. The molecule has 5 rings (SSSR count). The van der Waals surface area contributed by atoms with Crippen molar-refractivity contribution < 1.29 is 22.7 Å². The van der Waals surface area contributed by atoms with Gasteiger partial charge in [-0.1, -0.05) is 6.07 Å². The number of benzene rings is 2. The number of hydrogen-bond acceptors (Lipinski definition) is 6. The number of nitrogens with one attached hydrogen (secondary N) is 1. The molecule has 3 heterocycles. The number of fused-ring (bicyclic) bond motifs is 2. The third-order valence-corrected chi connectivity index (χ3v) is 9.01. The molecule has 0 saturated heterocycles. The molecule has 172 valence electrons. The van der Waals surface area contributed by atoms with E-state index >= 15 is 0 Å². The van der Waals surface area contributed by atoms with Crippen LogP contribution in [0.25, 0.3) is 0 Å². The average molecular weight is 485 g/mol. The van der Waals surface area contributed by atoms with Gasteiger partial charge in [0.25, 0.3) is 0 Å². The predicted molar refractivity (Wildman–Crippen MR) is 127 cm³/mol. The summed E-state index contributed by atoms with van der Waals surface area (Å²) in [7, 11) is -0.634. The molecule has 0 unspecified atom stereocenters. The lowest BCUT2D eigenvalue weighted by Gasteiger charge is -2.36. The minimum absolute atomic E-state index is 0.0483. The van der Waals surface area contributed by atoms with Crippen LogP contribution in [-0.2, 0) is 27.7 Å². The molecule has 0 spiro atoms. The minimum atomic E-state index is -3.81. The molecule has 7 nitrogen and oxygen atoms in total. The van der Waals surface area contributed by atoms with Crippen molar-refractivity contribution in [2.45, 2.75) is 30.2 Å². The number of nitrogens with zero attached hydrogens (tertiary/aromatic N) is 1. The first kappa shape index (κ1) is 21.9. The molecular formula is C24H24N2O5S2. The summed E-state index contributed by atoms with van der Waals surface area (Å²) in [5.41, 5.74) is 3.47. The highest BCUT2D eigenvalue weighted by atomic mass is 32.2. The molecule has 0 radical (unpaired) electrons. The monoisotopic (exact) mass is 484 g/mol. The van der Waals surface area contributed by atoms with E-state index in [1.54, 1.807) is 36.7 Å². The van der Waals surface area contributed by atoms with Crippen molar-refractivity contribution in [2.24, 2.45) is 0 Å². The third-order valence-electron chi connectivity index (χ3n) is 6.22. The van der Waals surface area contributed by atoms with Crippen molar-refractivity contribution in [2.75, 3.05) is 26.1 Å². The normalized spacial score (nSPS) is 18.2. The molecule has 1 N–H and O–H groups in total. The summed E-state index contributed by atoms with van der Waals surface area (Å²) in [5.74, 6) is 1.16. The van der Waals surface area contributed by atoms with Crippen molar-refractivity contribution >= 4 is 33.0 Å². The maximum Gasteiger partial charge on any atom is 0.243 e. The second-order valence-electron chi connectivity index (χ2n) is 8.06. The Bertz CT molecular complexity index is 1320. The van der Waals surface area contributed by atoms with Gasteiger partial charge in [-0.15, -0.1) is 11.3 Å². The number of anilines is 1. The van der Waals surface area contributed by atoms with Crippen LogP contribution in [-0.4, -0.2) is 39.4 Å². The van der Waals surface area contributed by atoms with E-state index < -0.39 is 16.1 Å². The lowest BCUT2D eigenvalue weighted by Crippen LogP contribution is -2.40. The summed E-state index contributed by atoms with van der Waals surface area (Å²) in [6, 6.07) is 12.2. The van der Waals surface area contributed by atoms with Crippen LogP contribution < -0.4 is 14.8 Å². The van der Waals surface area contributed by atoms with Crippen molar-refractivity contribution in [3.05, 3.63) is 69.4 Å². The van der Waals surface area contributed by atoms with Crippen molar-refractivity contribution in [3.8, 4) is 11.5 Å².